The number of nitrogens with one attached hydrogen (secondary N) is 2. The molecule has 2 N–H and O–H groups in total. The summed E-state index contributed by atoms with van der Waals surface area (Å²) < 4.78 is 0. The molecule has 4 nitrogen and oxygen atoms in total. The average Bonchev–Trinajstić information content (AvgIpc) is 2.95. The second-order valence-electron chi connectivity index (χ2n) is 4.14. The van der Waals surface area contributed by atoms with Crippen molar-refractivity contribution in [1.82, 2.24) is 15.3 Å². The van der Waals surface area contributed by atoms with Crippen molar-refractivity contribution in [3.05, 3.63) is 41.7 Å². The minimum atomic E-state index is 0.389. The van der Waals surface area contributed by atoms with E-state index in [9.17, 15) is 0 Å². The summed E-state index contributed by atoms with van der Waals surface area (Å²) in [5.41, 5.74) is 1.13. The number of thiazole rings is 1. The molecule has 3 rings (SSSR count). The maximum atomic E-state index is 5.25. The molecular formula is C12H12N4S2. The topological polar surface area (TPSA) is 49.8 Å². The van der Waals surface area contributed by atoms with E-state index in [1.165, 1.54) is 11.3 Å². The van der Waals surface area contributed by atoms with Gasteiger partial charge >= 0.3 is 0 Å². The van der Waals surface area contributed by atoms with Gasteiger partial charge in [0, 0.05) is 35.4 Å². The fourth-order valence-electron chi connectivity index (χ4n) is 1.86. The third kappa shape index (κ3) is 2.65. The molecule has 6 heteroatoms. The zero-order valence-corrected chi connectivity index (χ0v) is 11.2. The summed E-state index contributed by atoms with van der Waals surface area (Å²) in [6.07, 6.45) is 4.66. The largest absolute Gasteiger partial charge is 0.359 e. The first kappa shape index (κ1) is 11.6. The van der Waals surface area contributed by atoms with Crippen LogP contribution in [-0.2, 0) is 0 Å². The quantitative estimate of drug-likeness (QED) is 0.843. The van der Waals surface area contributed by atoms with Gasteiger partial charge in [0.2, 0.25) is 0 Å². The van der Waals surface area contributed by atoms with Crippen molar-refractivity contribution >= 4 is 33.8 Å². The van der Waals surface area contributed by atoms with Crippen LogP contribution < -0.4 is 10.6 Å². The molecule has 0 spiro atoms. The number of thiocarbonyl (C=S) groups is 1. The van der Waals surface area contributed by atoms with Gasteiger partial charge in [-0.25, -0.2) is 4.98 Å². The second kappa shape index (κ2) is 4.99. The molecule has 0 amide bonds. The summed E-state index contributed by atoms with van der Waals surface area (Å²) >= 11 is 6.78. The molecule has 2 aromatic rings. The van der Waals surface area contributed by atoms with Crippen LogP contribution in [0.4, 0.5) is 5.13 Å². The number of aromatic nitrogens is 2. The van der Waals surface area contributed by atoms with E-state index < -0.39 is 0 Å². The molecule has 1 aliphatic rings. The van der Waals surface area contributed by atoms with Crippen molar-refractivity contribution in [3.63, 3.8) is 0 Å². The Bertz CT molecular complexity index is 526. The van der Waals surface area contributed by atoms with E-state index in [0.717, 1.165) is 17.2 Å². The fraction of sp³-hybridized carbons (Fsp3) is 0.250. The summed E-state index contributed by atoms with van der Waals surface area (Å²) in [6, 6.07) is 6.40. The standard InChI is InChI=1S/C12H12N4S2/c17-11(16-12-14-5-6-18-12)15-10-7-8(10)9-3-1-2-4-13-9/h1-6,8,10H,7H2,(H2,14,15,16,17)/t8-,10-/m1/s1. The zero-order valence-electron chi connectivity index (χ0n) is 9.54. The first-order valence-electron chi connectivity index (χ1n) is 5.71. The summed E-state index contributed by atoms with van der Waals surface area (Å²) in [4.78, 5) is 8.49. The highest BCUT2D eigenvalue weighted by molar-refractivity contribution is 7.80. The molecule has 1 fully saturated rings. The van der Waals surface area contributed by atoms with Gasteiger partial charge in [0.05, 0.1) is 0 Å². The fourth-order valence-corrected chi connectivity index (χ4v) is 2.71. The van der Waals surface area contributed by atoms with E-state index in [1.807, 2.05) is 23.7 Å². The lowest BCUT2D eigenvalue weighted by molar-refractivity contribution is 0.859. The molecular weight excluding hydrogens is 264 g/mol. The zero-order chi connectivity index (χ0) is 12.4. The lowest BCUT2D eigenvalue weighted by Gasteiger charge is -2.07. The molecule has 0 aromatic carbocycles. The molecule has 0 radical (unpaired) electrons. The van der Waals surface area contributed by atoms with Gasteiger partial charge in [0.15, 0.2) is 10.2 Å². The second-order valence-corrected chi connectivity index (χ2v) is 5.44. The van der Waals surface area contributed by atoms with Gasteiger partial charge in [-0.05, 0) is 30.8 Å². The van der Waals surface area contributed by atoms with E-state index in [0.29, 0.717) is 17.1 Å². The number of pyridine rings is 1. The summed E-state index contributed by atoms with van der Waals surface area (Å²) in [5, 5.41) is 9.73. The lowest BCUT2D eigenvalue weighted by atomic mass is 10.2. The number of anilines is 1. The number of hydrogen-bond donors (Lipinski definition) is 2. The van der Waals surface area contributed by atoms with Crippen LogP contribution in [0.2, 0.25) is 0 Å². The maximum absolute atomic E-state index is 5.25. The van der Waals surface area contributed by atoms with Crippen molar-refractivity contribution in [2.24, 2.45) is 0 Å². The highest BCUT2D eigenvalue weighted by Gasteiger charge is 2.39. The van der Waals surface area contributed by atoms with Gasteiger partial charge in [0.1, 0.15) is 0 Å². The van der Waals surface area contributed by atoms with Crippen LogP contribution in [0, 0.1) is 0 Å². The van der Waals surface area contributed by atoms with Crippen molar-refractivity contribution in [2.45, 2.75) is 18.4 Å². The SMILES string of the molecule is S=C(Nc1nccs1)N[C@@H]1C[C@@H]1c1ccccn1. The summed E-state index contributed by atoms with van der Waals surface area (Å²) in [7, 11) is 0. The minimum Gasteiger partial charge on any atom is -0.359 e. The Kier molecular flexibility index (Phi) is 3.21. The van der Waals surface area contributed by atoms with Gasteiger partial charge in [-0.15, -0.1) is 11.3 Å². The van der Waals surface area contributed by atoms with Crippen LogP contribution in [-0.4, -0.2) is 21.1 Å². The van der Waals surface area contributed by atoms with E-state index in [2.05, 4.69) is 26.7 Å². The third-order valence-corrected chi connectivity index (χ3v) is 3.74. The van der Waals surface area contributed by atoms with Crippen LogP contribution in [0.25, 0.3) is 0 Å². The predicted octanol–water partition coefficient (Wildman–Crippen LogP) is 2.38. The molecule has 2 heterocycles. The maximum Gasteiger partial charge on any atom is 0.188 e. The smallest absolute Gasteiger partial charge is 0.188 e. The predicted molar refractivity (Wildman–Crippen MR) is 76.9 cm³/mol. The van der Waals surface area contributed by atoms with Gasteiger partial charge in [-0.1, -0.05) is 6.07 Å². The normalized spacial score (nSPS) is 21.3. The van der Waals surface area contributed by atoms with Gasteiger partial charge in [-0.2, -0.15) is 0 Å². The van der Waals surface area contributed by atoms with E-state index in [-0.39, 0.29) is 0 Å². The van der Waals surface area contributed by atoms with Gasteiger partial charge < -0.3 is 10.6 Å². The summed E-state index contributed by atoms with van der Waals surface area (Å²) in [6.45, 7) is 0. The van der Waals surface area contributed by atoms with Crippen LogP contribution in [0.5, 0.6) is 0 Å². The monoisotopic (exact) mass is 276 g/mol. The van der Waals surface area contributed by atoms with E-state index >= 15 is 0 Å². The third-order valence-electron chi connectivity index (χ3n) is 2.83. The Morgan fingerprint density at radius 1 is 1.33 bits per heavy atom. The average molecular weight is 276 g/mol. The van der Waals surface area contributed by atoms with Crippen molar-refractivity contribution in [2.75, 3.05) is 5.32 Å². The molecule has 1 saturated carbocycles. The van der Waals surface area contributed by atoms with E-state index in [4.69, 9.17) is 12.2 Å². The Labute approximate surface area is 114 Å². The summed E-state index contributed by atoms with van der Waals surface area (Å²) in [5.74, 6) is 0.474. The minimum absolute atomic E-state index is 0.389. The molecule has 0 unspecified atom stereocenters. The first-order valence-corrected chi connectivity index (χ1v) is 6.99. The molecule has 2 aromatic heterocycles. The highest BCUT2D eigenvalue weighted by Crippen LogP contribution is 2.39. The van der Waals surface area contributed by atoms with E-state index in [1.54, 1.807) is 6.20 Å². The lowest BCUT2D eigenvalue weighted by Crippen LogP contribution is -2.31. The van der Waals surface area contributed by atoms with Crippen LogP contribution in [0.15, 0.2) is 36.0 Å². The van der Waals surface area contributed by atoms with Crippen molar-refractivity contribution in [3.8, 4) is 0 Å². The number of nitrogens with zero attached hydrogens (tertiary/aromatic N) is 2. The molecule has 1 aliphatic carbocycles. The van der Waals surface area contributed by atoms with Crippen molar-refractivity contribution < 1.29 is 0 Å². The Balaban J connectivity index is 1.52. The molecule has 2 atom stereocenters. The molecule has 0 bridgehead atoms. The number of hydrogen-bond acceptors (Lipinski definition) is 4. The number of rotatable bonds is 3. The molecule has 92 valence electrons. The molecule has 0 aliphatic heterocycles. The van der Waals surface area contributed by atoms with Crippen molar-refractivity contribution in [1.29, 1.82) is 0 Å². The molecule has 18 heavy (non-hydrogen) atoms. The van der Waals surface area contributed by atoms with Crippen LogP contribution in [0.3, 0.4) is 0 Å². The Hall–Kier alpha value is -1.53. The van der Waals surface area contributed by atoms with Crippen LogP contribution >= 0.6 is 23.6 Å². The molecule has 0 saturated heterocycles. The highest BCUT2D eigenvalue weighted by atomic mass is 32.1. The van der Waals surface area contributed by atoms with Crippen LogP contribution in [0.1, 0.15) is 18.0 Å². The first-order chi connectivity index (χ1) is 8.83. The van der Waals surface area contributed by atoms with Gasteiger partial charge in [0.25, 0.3) is 0 Å². The Morgan fingerprint density at radius 3 is 3.00 bits per heavy atom. The van der Waals surface area contributed by atoms with Gasteiger partial charge in [-0.3, -0.25) is 4.98 Å². The Morgan fingerprint density at radius 2 is 2.28 bits per heavy atom.